The average Bonchev–Trinajstić information content (AvgIpc) is 1.96. The highest BCUT2D eigenvalue weighted by atomic mass is 14.4. The van der Waals surface area contributed by atoms with E-state index in [1.54, 1.807) is 0 Å². The normalized spacial score (nSPS) is 45.0. The number of hydrogen-bond acceptors (Lipinski definition) is 0. The summed E-state index contributed by atoms with van der Waals surface area (Å²) in [7, 11) is 0. The van der Waals surface area contributed by atoms with Crippen molar-refractivity contribution < 1.29 is 0 Å². The summed E-state index contributed by atoms with van der Waals surface area (Å²) in [5.41, 5.74) is 0.761. The quantitative estimate of drug-likeness (QED) is 0.496. The first-order chi connectivity index (χ1) is 5.29. The first-order valence-electron chi connectivity index (χ1n) is 5.29. The molecule has 0 aliphatic heterocycles. The van der Waals surface area contributed by atoms with Crippen LogP contribution in [0.1, 0.15) is 58.3 Å². The van der Waals surface area contributed by atoms with E-state index in [0.717, 1.165) is 11.3 Å². The fourth-order valence-electron chi connectivity index (χ4n) is 2.90. The van der Waals surface area contributed by atoms with Gasteiger partial charge in [-0.3, -0.25) is 0 Å². The zero-order valence-corrected chi connectivity index (χ0v) is 7.73. The molecule has 3 saturated carbocycles. The lowest BCUT2D eigenvalue weighted by atomic mass is 9.66. The monoisotopic (exact) mass is 152 g/mol. The van der Waals surface area contributed by atoms with Gasteiger partial charge in [-0.05, 0) is 43.4 Å². The van der Waals surface area contributed by atoms with Crippen LogP contribution in [0.15, 0.2) is 0 Å². The van der Waals surface area contributed by atoms with Crippen molar-refractivity contribution in [3.05, 3.63) is 0 Å². The smallest absolute Gasteiger partial charge is 0.0326 e. The van der Waals surface area contributed by atoms with E-state index < -0.39 is 0 Å². The molecule has 0 heterocycles. The molecule has 0 spiro atoms. The third-order valence-electron chi connectivity index (χ3n) is 3.95. The van der Waals surface area contributed by atoms with Crippen LogP contribution in [0, 0.1) is 11.3 Å². The van der Waals surface area contributed by atoms with E-state index >= 15 is 0 Å². The molecular formula is C11H20. The summed E-state index contributed by atoms with van der Waals surface area (Å²) in [6, 6.07) is 0. The van der Waals surface area contributed by atoms with Gasteiger partial charge in [-0.2, -0.15) is 0 Å². The summed E-state index contributed by atoms with van der Waals surface area (Å²) in [5, 5.41) is 0. The summed E-state index contributed by atoms with van der Waals surface area (Å²) in [6.45, 7) is 2.51. The predicted molar refractivity (Wildman–Crippen MR) is 48.5 cm³/mol. The maximum absolute atomic E-state index is 2.51. The molecule has 0 aromatic carbocycles. The van der Waals surface area contributed by atoms with Crippen LogP contribution in [0.3, 0.4) is 0 Å². The number of hydrogen-bond donors (Lipinski definition) is 0. The predicted octanol–water partition coefficient (Wildman–Crippen LogP) is 3.76. The molecule has 3 fully saturated rings. The molecule has 0 amide bonds. The summed E-state index contributed by atoms with van der Waals surface area (Å²) >= 11 is 0. The molecule has 11 heavy (non-hydrogen) atoms. The van der Waals surface area contributed by atoms with E-state index in [4.69, 9.17) is 0 Å². The van der Waals surface area contributed by atoms with Crippen LogP contribution in [-0.2, 0) is 0 Å². The minimum absolute atomic E-state index is 0.761. The third-order valence-corrected chi connectivity index (χ3v) is 3.95. The standard InChI is InChI=1S/C11H20/c1-11-7-3-2-4-10(5-8-11)6-9-11/h10H,2-9H2,1H3. The Morgan fingerprint density at radius 1 is 0.909 bits per heavy atom. The Kier molecular flexibility index (Phi) is 1.95. The summed E-state index contributed by atoms with van der Waals surface area (Å²) < 4.78 is 0. The van der Waals surface area contributed by atoms with Gasteiger partial charge < -0.3 is 0 Å². The zero-order valence-electron chi connectivity index (χ0n) is 7.73. The van der Waals surface area contributed by atoms with E-state index in [0.29, 0.717) is 0 Å². The van der Waals surface area contributed by atoms with E-state index in [1.165, 1.54) is 51.4 Å². The molecule has 0 aromatic rings. The van der Waals surface area contributed by atoms with Gasteiger partial charge in [0.15, 0.2) is 0 Å². The fraction of sp³-hybridized carbons (Fsp3) is 1.00. The first kappa shape index (κ1) is 7.64. The van der Waals surface area contributed by atoms with Crippen LogP contribution >= 0.6 is 0 Å². The van der Waals surface area contributed by atoms with Crippen LogP contribution in [-0.4, -0.2) is 0 Å². The van der Waals surface area contributed by atoms with Gasteiger partial charge in [-0.15, -0.1) is 0 Å². The van der Waals surface area contributed by atoms with E-state index in [2.05, 4.69) is 6.92 Å². The van der Waals surface area contributed by atoms with Crippen molar-refractivity contribution in [1.29, 1.82) is 0 Å². The molecule has 2 bridgehead atoms. The van der Waals surface area contributed by atoms with Crippen LogP contribution in [0.2, 0.25) is 0 Å². The molecule has 3 rings (SSSR count). The van der Waals surface area contributed by atoms with E-state index in [1.807, 2.05) is 0 Å². The van der Waals surface area contributed by atoms with Gasteiger partial charge in [0.1, 0.15) is 0 Å². The highest BCUT2D eigenvalue weighted by Crippen LogP contribution is 2.45. The van der Waals surface area contributed by atoms with Crippen LogP contribution in [0.4, 0.5) is 0 Å². The molecule has 0 saturated heterocycles. The Labute approximate surface area is 70.4 Å². The van der Waals surface area contributed by atoms with Gasteiger partial charge in [0.25, 0.3) is 0 Å². The maximum atomic E-state index is 2.51. The van der Waals surface area contributed by atoms with Gasteiger partial charge in [-0.1, -0.05) is 26.2 Å². The Bertz CT molecular complexity index is 123. The highest BCUT2D eigenvalue weighted by molar-refractivity contribution is 4.84. The van der Waals surface area contributed by atoms with Gasteiger partial charge in [0.2, 0.25) is 0 Å². The molecular weight excluding hydrogens is 132 g/mol. The fourth-order valence-corrected chi connectivity index (χ4v) is 2.90. The summed E-state index contributed by atoms with van der Waals surface area (Å²) in [5.74, 6) is 1.11. The van der Waals surface area contributed by atoms with Gasteiger partial charge in [0, 0.05) is 0 Å². The second kappa shape index (κ2) is 2.80. The average molecular weight is 152 g/mol. The highest BCUT2D eigenvalue weighted by Gasteiger charge is 2.32. The van der Waals surface area contributed by atoms with Crippen LogP contribution in [0.25, 0.3) is 0 Å². The van der Waals surface area contributed by atoms with Crippen molar-refractivity contribution >= 4 is 0 Å². The Balaban J connectivity index is 2.04. The third kappa shape index (κ3) is 1.60. The first-order valence-corrected chi connectivity index (χ1v) is 5.29. The van der Waals surface area contributed by atoms with Crippen molar-refractivity contribution in [3.63, 3.8) is 0 Å². The van der Waals surface area contributed by atoms with Crippen molar-refractivity contribution in [1.82, 2.24) is 0 Å². The topological polar surface area (TPSA) is 0 Å². The SMILES string of the molecule is CC12CCCCC(CC1)CC2. The summed E-state index contributed by atoms with van der Waals surface area (Å²) in [6.07, 6.45) is 12.2. The molecule has 0 N–H and O–H groups in total. The molecule has 0 atom stereocenters. The molecule has 0 unspecified atom stereocenters. The zero-order chi connectivity index (χ0) is 7.73. The van der Waals surface area contributed by atoms with Crippen LogP contribution < -0.4 is 0 Å². The van der Waals surface area contributed by atoms with Gasteiger partial charge in [0.05, 0.1) is 0 Å². The van der Waals surface area contributed by atoms with E-state index in [-0.39, 0.29) is 0 Å². The molecule has 0 radical (unpaired) electrons. The molecule has 0 nitrogen and oxygen atoms in total. The largest absolute Gasteiger partial charge is 0.0596 e. The number of rotatable bonds is 0. The molecule has 3 aliphatic rings. The van der Waals surface area contributed by atoms with Gasteiger partial charge in [-0.25, -0.2) is 0 Å². The molecule has 3 aliphatic carbocycles. The maximum Gasteiger partial charge on any atom is -0.0326 e. The van der Waals surface area contributed by atoms with Crippen molar-refractivity contribution in [2.24, 2.45) is 11.3 Å². The molecule has 0 heteroatoms. The minimum Gasteiger partial charge on any atom is -0.0596 e. The van der Waals surface area contributed by atoms with Crippen molar-refractivity contribution in [3.8, 4) is 0 Å². The second-order valence-electron chi connectivity index (χ2n) is 5.00. The van der Waals surface area contributed by atoms with Gasteiger partial charge >= 0.3 is 0 Å². The molecule has 64 valence electrons. The number of fused-ring (bicyclic) bond motifs is 5. The summed E-state index contributed by atoms with van der Waals surface area (Å²) in [4.78, 5) is 0. The van der Waals surface area contributed by atoms with Crippen LogP contribution in [0.5, 0.6) is 0 Å². The lowest BCUT2D eigenvalue weighted by Crippen LogP contribution is -2.26. The Hall–Kier alpha value is 0. The lowest BCUT2D eigenvalue weighted by Gasteiger charge is -2.40. The van der Waals surface area contributed by atoms with Crippen molar-refractivity contribution in [2.45, 2.75) is 58.3 Å². The molecule has 0 aromatic heterocycles. The lowest BCUT2D eigenvalue weighted by molar-refractivity contribution is 0.126. The Morgan fingerprint density at radius 2 is 1.64 bits per heavy atom. The van der Waals surface area contributed by atoms with E-state index in [9.17, 15) is 0 Å². The second-order valence-corrected chi connectivity index (χ2v) is 5.00. The Morgan fingerprint density at radius 3 is 2.36 bits per heavy atom. The minimum atomic E-state index is 0.761. The van der Waals surface area contributed by atoms with Crippen molar-refractivity contribution in [2.75, 3.05) is 0 Å².